The van der Waals surface area contributed by atoms with Crippen LogP contribution in [0.5, 0.6) is 0 Å². The van der Waals surface area contributed by atoms with E-state index >= 15 is 0 Å². The Morgan fingerprint density at radius 2 is 0.962 bits per heavy atom. The molecule has 0 saturated carbocycles. The highest BCUT2D eigenvalue weighted by Gasteiger charge is 2.47. The van der Waals surface area contributed by atoms with Crippen molar-refractivity contribution in [2.75, 3.05) is 0 Å². The fourth-order valence-corrected chi connectivity index (χ4v) is 3.59. The normalized spacial score (nSPS) is 15.9. The zero-order valence-corrected chi connectivity index (χ0v) is 14.1. The molecule has 0 aromatic heterocycles. The highest BCUT2D eigenvalue weighted by molar-refractivity contribution is 6.24. The second kappa shape index (κ2) is 5.91. The van der Waals surface area contributed by atoms with Crippen LogP contribution in [-0.4, -0.2) is 39.6 Å². The molecular weight excluding hydrogens is 332 g/mol. The lowest BCUT2D eigenvalue weighted by molar-refractivity contribution is 0.0272. The molecule has 4 amide bonds. The summed E-state index contributed by atoms with van der Waals surface area (Å²) in [5, 5.41) is 0. The monoisotopic (exact) mass is 348 g/mol. The number of amides is 4. The second-order valence-electron chi connectivity index (χ2n) is 6.32. The molecule has 6 nitrogen and oxygen atoms in total. The van der Waals surface area contributed by atoms with Gasteiger partial charge in [-0.15, -0.1) is 0 Å². The lowest BCUT2D eigenvalue weighted by Gasteiger charge is -2.32. The maximum absolute atomic E-state index is 12.8. The molecule has 0 radical (unpaired) electrons. The Kier molecular flexibility index (Phi) is 3.68. The molecule has 2 aliphatic rings. The Hall–Kier alpha value is -3.28. The Morgan fingerprint density at radius 1 is 0.654 bits per heavy atom. The van der Waals surface area contributed by atoms with E-state index in [0.717, 1.165) is 9.80 Å². The molecule has 2 aromatic rings. The molecule has 0 aliphatic carbocycles. The molecule has 0 bridgehead atoms. The molecular formula is C20H16N2O4. The van der Waals surface area contributed by atoms with Gasteiger partial charge in [0.1, 0.15) is 6.17 Å². The van der Waals surface area contributed by atoms with Gasteiger partial charge in [-0.2, -0.15) is 0 Å². The minimum absolute atomic E-state index is 0.301. The molecule has 130 valence electrons. The molecule has 2 heterocycles. The van der Waals surface area contributed by atoms with Gasteiger partial charge < -0.3 is 0 Å². The third-order valence-corrected chi connectivity index (χ3v) is 4.79. The molecule has 2 aromatic carbocycles. The topological polar surface area (TPSA) is 74.8 Å². The van der Waals surface area contributed by atoms with Crippen LogP contribution in [0.4, 0.5) is 0 Å². The zero-order chi connectivity index (χ0) is 18.4. The van der Waals surface area contributed by atoms with Crippen LogP contribution in [0.25, 0.3) is 0 Å². The standard InChI is InChI=1S/C20H16N2O4/c1-2-7-16(21-17(23)12-8-3-4-9-13(12)18(21)24)22-19(25)14-10-5-6-11-15(14)20(22)26/h3-6,8-11,16H,2,7H2,1H3. The van der Waals surface area contributed by atoms with Crippen molar-refractivity contribution in [2.24, 2.45) is 0 Å². The van der Waals surface area contributed by atoms with Crippen LogP contribution in [0.2, 0.25) is 0 Å². The van der Waals surface area contributed by atoms with Crippen LogP contribution in [0, 0.1) is 0 Å². The number of imide groups is 2. The van der Waals surface area contributed by atoms with Crippen LogP contribution in [0.1, 0.15) is 61.2 Å². The Bertz CT molecular complexity index is 820. The third-order valence-electron chi connectivity index (χ3n) is 4.79. The number of hydrogen-bond donors (Lipinski definition) is 0. The van der Waals surface area contributed by atoms with Gasteiger partial charge in [-0.1, -0.05) is 37.6 Å². The van der Waals surface area contributed by atoms with Crippen molar-refractivity contribution in [1.82, 2.24) is 9.80 Å². The first-order chi connectivity index (χ1) is 12.6. The van der Waals surface area contributed by atoms with Gasteiger partial charge in [-0.3, -0.25) is 29.0 Å². The number of carbonyl (C=O) groups is 4. The Labute approximate surface area is 150 Å². The van der Waals surface area contributed by atoms with Gasteiger partial charge in [0, 0.05) is 0 Å². The second-order valence-corrected chi connectivity index (χ2v) is 6.32. The van der Waals surface area contributed by atoms with E-state index in [-0.39, 0.29) is 0 Å². The lowest BCUT2D eigenvalue weighted by Crippen LogP contribution is -2.53. The molecule has 0 N–H and O–H groups in total. The van der Waals surface area contributed by atoms with Crippen molar-refractivity contribution in [1.29, 1.82) is 0 Å². The van der Waals surface area contributed by atoms with Gasteiger partial charge in [-0.25, -0.2) is 0 Å². The first-order valence-electron chi connectivity index (χ1n) is 8.50. The third kappa shape index (κ3) is 2.12. The average molecular weight is 348 g/mol. The van der Waals surface area contributed by atoms with Crippen molar-refractivity contribution in [2.45, 2.75) is 25.9 Å². The summed E-state index contributed by atoms with van der Waals surface area (Å²) in [5.41, 5.74) is 1.20. The van der Waals surface area contributed by atoms with E-state index in [1.54, 1.807) is 48.5 Å². The molecule has 0 fully saturated rings. The van der Waals surface area contributed by atoms with Crippen molar-refractivity contribution >= 4 is 23.6 Å². The van der Waals surface area contributed by atoms with E-state index in [2.05, 4.69) is 0 Å². The van der Waals surface area contributed by atoms with Crippen LogP contribution < -0.4 is 0 Å². The first-order valence-corrected chi connectivity index (χ1v) is 8.50. The maximum Gasteiger partial charge on any atom is 0.263 e. The molecule has 26 heavy (non-hydrogen) atoms. The minimum Gasteiger partial charge on any atom is -0.268 e. The van der Waals surface area contributed by atoms with Gasteiger partial charge >= 0.3 is 0 Å². The Balaban J connectivity index is 1.77. The van der Waals surface area contributed by atoms with Crippen LogP contribution >= 0.6 is 0 Å². The predicted molar refractivity (Wildman–Crippen MR) is 92.6 cm³/mol. The van der Waals surface area contributed by atoms with Gasteiger partial charge in [-0.05, 0) is 30.7 Å². The van der Waals surface area contributed by atoms with Gasteiger partial charge in [0.15, 0.2) is 0 Å². The highest BCUT2D eigenvalue weighted by atomic mass is 16.2. The number of carbonyl (C=O) groups excluding carboxylic acids is 4. The van der Waals surface area contributed by atoms with E-state index in [9.17, 15) is 19.2 Å². The fraction of sp³-hybridized carbons (Fsp3) is 0.200. The van der Waals surface area contributed by atoms with E-state index in [4.69, 9.17) is 0 Å². The summed E-state index contributed by atoms with van der Waals surface area (Å²) in [4.78, 5) is 53.4. The van der Waals surface area contributed by atoms with Crippen LogP contribution in [0.3, 0.4) is 0 Å². The molecule has 4 rings (SSSR count). The molecule has 6 heteroatoms. The fourth-order valence-electron chi connectivity index (χ4n) is 3.59. The molecule has 0 unspecified atom stereocenters. The number of hydrogen-bond acceptors (Lipinski definition) is 4. The summed E-state index contributed by atoms with van der Waals surface area (Å²) in [6, 6.07) is 13.1. The zero-order valence-electron chi connectivity index (χ0n) is 14.1. The quantitative estimate of drug-likeness (QED) is 0.796. The number of benzene rings is 2. The minimum atomic E-state index is -0.931. The molecule has 0 spiro atoms. The SMILES string of the molecule is CCCC(N1C(=O)c2ccccc2C1=O)N1C(=O)c2ccccc2C1=O. The predicted octanol–water partition coefficient (Wildman–Crippen LogP) is 2.71. The molecule has 0 saturated heterocycles. The summed E-state index contributed by atoms with van der Waals surface area (Å²) in [6.45, 7) is 1.88. The van der Waals surface area contributed by atoms with Gasteiger partial charge in [0.25, 0.3) is 23.6 Å². The lowest BCUT2D eigenvalue weighted by atomic mass is 10.1. The van der Waals surface area contributed by atoms with Crippen molar-refractivity contribution in [3.63, 3.8) is 0 Å². The highest BCUT2D eigenvalue weighted by Crippen LogP contribution is 2.32. The average Bonchev–Trinajstić information content (AvgIpc) is 3.06. The smallest absolute Gasteiger partial charge is 0.263 e. The van der Waals surface area contributed by atoms with E-state index in [1.165, 1.54) is 0 Å². The summed E-state index contributed by atoms with van der Waals surface area (Å²) >= 11 is 0. The number of fused-ring (bicyclic) bond motifs is 2. The van der Waals surface area contributed by atoms with Crippen LogP contribution in [0.15, 0.2) is 48.5 Å². The van der Waals surface area contributed by atoms with Crippen molar-refractivity contribution in [3.8, 4) is 0 Å². The Morgan fingerprint density at radius 3 is 1.23 bits per heavy atom. The first kappa shape index (κ1) is 16.2. The number of nitrogens with zero attached hydrogens (tertiary/aromatic N) is 2. The van der Waals surface area contributed by atoms with E-state index in [1.807, 2.05) is 6.92 Å². The van der Waals surface area contributed by atoms with E-state index < -0.39 is 29.8 Å². The summed E-state index contributed by atoms with van der Waals surface area (Å²) in [6.07, 6.45) is 0.00221. The van der Waals surface area contributed by atoms with Gasteiger partial charge in [0.05, 0.1) is 22.3 Å². The van der Waals surface area contributed by atoms with Crippen molar-refractivity contribution < 1.29 is 19.2 Å². The molecule has 0 atom stereocenters. The summed E-state index contributed by atoms with van der Waals surface area (Å²) < 4.78 is 0. The van der Waals surface area contributed by atoms with Gasteiger partial charge in [0.2, 0.25) is 0 Å². The van der Waals surface area contributed by atoms with E-state index in [0.29, 0.717) is 35.1 Å². The van der Waals surface area contributed by atoms with Crippen molar-refractivity contribution in [3.05, 3.63) is 70.8 Å². The maximum atomic E-state index is 12.8. The molecule has 2 aliphatic heterocycles. The summed E-state index contributed by atoms with van der Waals surface area (Å²) in [5.74, 6) is -1.89. The summed E-state index contributed by atoms with van der Waals surface area (Å²) in [7, 11) is 0. The number of rotatable bonds is 4. The largest absolute Gasteiger partial charge is 0.268 e. The van der Waals surface area contributed by atoms with Crippen LogP contribution in [-0.2, 0) is 0 Å².